The molecule has 0 radical (unpaired) electrons. The van der Waals surface area contributed by atoms with E-state index in [0.29, 0.717) is 5.41 Å². The SMILES string of the molecule is CCC(C)CN(C)CC(C)(C)CNC. The van der Waals surface area contributed by atoms with E-state index in [1.54, 1.807) is 0 Å². The van der Waals surface area contributed by atoms with E-state index in [4.69, 9.17) is 0 Å². The van der Waals surface area contributed by atoms with Crippen molar-refractivity contribution in [3.05, 3.63) is 0 Å². The quantitative estimate of drug-likeness (QED) is 0.678. The zero-order chi connectivity index (χ0) is 11.2. The summed E-state index contributed by atoms with van der Waals surface area (Å²) < 4.78 is 0. The normalized spacial score (nSPS) is 14.8. The van der Waals surface area contributed by atoms with Crippen LogP contribution in [0.5, 0.6) is 0 Å². The molecule has 0 fully saturated rings. The Kier molecular flexibility index (Phi) is 6.38. The Bertz CT molecular complexity index is 143. The molecule has 2 heteroatoms. The monoisotopic (exact) mass is 200 g/mol. The second-order valence-electron chi connectivity index (χ2n) is 5.40. The molecule has 0 aromatic carbocycles. The highest BCUT2D eigenvalue weighted by molar-refractivity contribution is 4.74. The van der Waals surface area contributed by atoms with Gasteiger partial charge in [-0.05, 0) is 25.4 Å². The highest BCUT2D eigenvalue weighted by atomic mass is 15.1. The molecule has 2 nitrogen and oxygen atoms in total. The average Bonchev–Trinajstić information content (AvgIpc) is 2.02. The van der Waals surface area contributed by atoms with Gasteiger partial charge in [0, 0.05) is 19.6 Å². The molecule has 0 aromatic heterocycles. The van der Waals surface area contributed by atoms with Gasteiger partial charge < -0.3 is 10.2 Å². The summed E-state index contributed by atoms with van der Waals surface area (Å²) in [6.45, 7) is 12.7. The van der Waals surface area contributed by atoms with Crippen molar-refractivity contribution in [2.75, 3.05) is 33.7 Å². The van der Waals surface area contributed by atoms with Crippen LogP contribution in [-0.2, 0) is 0 Å². The smallest absolute Gasteiger partial charge is 0.00419 e. The molecule has 0 aliphatic carbocycles. The van der Waals surface area contributed by atoms with Gasteiger partial charge in [-0.1, -0.05) is 34.1 Å². The Labute approximate surface area is 90.1 Å². The lowest BCUT2D eigenvalue weighted by molar-refractivity contribution is 0.187. The van der Waals surface area contributed by atoms with E-state index in [2.05, 4.69) is 45.0 Å². The highest BCUT2D eigenvalue weighted by Gasteiger charge is 2.19. The topological polar surface area (TPSA) is 15.3 Å². The molecule has 0 amide bonds. The molecule has 1 atom stereocenters. The molecule has 0 aliphatic rings. The Morgan fingerprint density at radius 1 is 1.36 bits per heavy atom. The third-order valence-corrected chi connectivity index (χ3v) is 2.67. The van der Waals surface area contributed by atoms with E-state index in [-0.39, 0.29) is 0 Å². The maximum absolute atomic E-state index is 3.25. The van der Waals surface area contributed by atoms with Crippen LogP contribution in [0.1, 0.15) is 34.1 Å². The Hall–Kier alpha value is -0.0800. The van der Waals surface area contributed by atoms with Crippen LogP contribution in [0.15, 0.2) is 0 Å². The standard InChI is InChI=1S/C12H28N2/c1-7-11(2)8-14(6)10-12(3,4)9-13-5/h11,13H,7-10H2,1-6H3. The molecule has 86 valence electrons. The summed E-state index contributed by atoms with van der Waals surface area (Å²) in [5.74, 6) is 0.811. The molecular weight excluding hydrogens is 172 g/mol. The molecule has 0 aromatic rings. The number of hydrogen-bond acceptors (Lipinski definition) is 2. The minimum Gasteiger partial charge on any atom is -0.319 e. The fourth-order valence-corrected chi connectivity index (χ4v) is 1.99. The van der Waals surface area contributed by atoms with Crippen LogP contribution in [0.4, 0.5) is 0 Å². The lowest BCUT2D eigenvalue weighted by atomic mass is 9.92. The number of nitrogens with one attached hydrogen (secondary N) is 1. The first-order valence-corrected chi connectivity index (χ1v) is 5.74. The summed E-state index contributed by atoms with van der Waals surface area (Å²) in [5, 5.41) is 3.25. The molecule has 1 unspecified atom stereocenters. The lowest BCUT2D eigenvalue weighted by Crippen LogP contribution is -2.39. The molecule has 0 saturated heterocycles. The van der Waals surface area contributed by atoms with E-state index >= 15 is 0 Å². The van der Waals surface area contributed by atoms with Crippen molar-refractivity contribution < 1.29 is 0 Å². The summed E-state index contributed by atoms with van der Waals surface area (Å²) in [5.41, 5.74) is 0.372. The molecule has 0 bridgehead atoms. The van der Waals surface area contributed by atoms with Gasteiger partial charge in [0.15, 0.2) is 0 Å². The number of nitrogens with zero attached hydrogens (tertiary/aromatic N) is 1. The fraction of sp³-hybridized carbons (Fsp3) is 1.00. The Morgan fingerprint density at radius 3 is 2.36 bits per heavy atom. The van der Waals surface area contributed by atoms with Crippen molar-refractivity contribution in [1.29, 1.82) is 0 Å². The molecule has 0 heterocycles. The maximum Gasteiger partial charge on any atom is 0.00419 e. The fourth-order valence-electron chi connectivity index (χ4n) is 1.99. The van der Waals surface area contributed by atoms with Crippen molar-refractivity contribution in [3.63, 3.8) is 0 Å². The first-order valence-electron chi connectivity index (χ1n) is 5.74. The van der Waals surface area contributed by atoms with Crippen LogP contribution in [-0.4, -0.2) is 38.6 Å². The van der Waals surface area contributed by atoms with Crippen LogP contribution < -0.4 is 5.32 Å². The van der Waals surface area contributed by atoms with Crippen molar-refractivity contribution >= 4 is 0 Å². The molecule has 0 aliphatic heterocycles. The first kappa shape index (κ1) is 13.9. The van der Waals surface area contributed by atoms with E-state index in [9.17, 15) is 0 Å². The third kappa shape index (κ3) is 6.39. The first-order chi connectivity index (χ1) is 6.41. The van der Waals surface area contributed by atoms with Crippen molar-refractivity contribution in [3.8, 4) is 0 Å². The predicted molar refractivity (Wildman–Crippen MR) is 64.7 cm³/mol. The van der Waals surface area contributed by atoms with Gasteiger partial charge in [-0.15, -0.1) is 0 Å². The van der Waals surface area contributed by atoms with E-state index in [1.165, 1.54) is 13.0 Å². The molecule has 0 rings (SSSR count). The molecule has 0 spiro atoms. The van der Waals surface area contributed by atoms with Gasteiger partial charge in [-0.2, -0.15) is 0 Å². The number of hydrogen-bond donors (Lipinski definition) is 1. The Morgan fingerprint density at radius 2 is 1.93 bits per heavy atom. The van der Waals surface area contributed by atoms with Gasteiger partial charge in [-0.25, -0.2) is 0 Å². The predicted octanol–water partition coefficient (Wildman–Crippen LogP) is 2.21. The summed E-state index contributed by atoms with van der Waals surface area (Å²) in [6, 6.07) is 0. The minimum atomic E-state index is 0.372. The van der Waals surface area contributed by atoms with Gasteiger partial charge in [0.1, 0.15) is 0 Å². The van der Waals surface area contributed by atoms with Gasteiger partial charge >= 0.3 is 0 Å². The zero-order valence-corrected chi connectivity index (χ0v) is 10.9. The van der Waals surface area contributed by atoms with E-state index in [0.717, 1.165) is 19.0 Å². The van der Waals surface area contributed by atoms with Crippen LogP contribution in [0.25, 0.3) is 0 Å². The molecule has 14 heavy (non-hydrogen) atoms. The number of rotatable bonds is 7. The van der Waals surface area contributed by atoms with E-state index in [1.807, 2.05) is 7.05 Å². The molecular formula is C12H28N2. The lowest BCUT2D eigenvalue weighted by Gasteiger charge is -2.31. The van der Waals surface area contributed by atoms with Crippen molar-refractivity contribution in [2.24, 2.45) is 11.3 Å². The highest BCUT2D eigenvalue weighted by Crippen LogP contribution is 2.15. The van der Waals surface area contributed by atoms with Crippen LogP contribution in [0, 0.1) is 11.3 Å². The second kappa shape index (κ2) is 6.41. The van der Waals surface area contributed by atoms with Crippen molar-refractivity contribution in [1.82, 2.24) is 10.2 Å². The summed E-state index contributed by atoms with van der Waals surface area (Å²) >= 11 is 0. The Balaban J connectivity index is 3.85. The zero-order valence-electron chi connectivity index (χ0n) is 10.9. The van der Waals surface area contributed by atoms with Gasteiger partial charge in [0.2, 0.25) is 0 Å². The molecule has 0 saturated carbocycles. The third-order valence-electron chi connectivity index (χ3n) is 2.67. The minimum absolute atomic E-state index is 0.372. The molecule has 1 N–H and O–H groups in total. The summed E-state index contributed by atoms with van der Waals surface area (Å²) in [6.07, 6.45) is 1.27. The van der Waals surface area contributed by atoms with Gasteiger partial charge in [-0.3, -0.25) is 0 Å². The summed E-state index contributed by atoms with van der Waals surface area (Å²) in [4.78, 5) is 2.45. The maximum atomic E-state index is 3.25. The van der Waals surface area contributed by atoms with Crippen LogP contribution in [0.2, 0.25) is 0 Å². The van der Waals surface area contributed by atoms with Crippen LogP contribution >= 0.6 is 0 Å². The van der Waals surface area contributed by atoms with Crippen LogP contribution in [0.3, 0.4) is 0 Å². The average molecular weight is 200 g/mol. The summed E-state index contributed by atoms with van der Waals surface area (Å²) in [7, 11) is 4.25. The van der Waals surface area contributed by atoms with E-state index < -0.39 is 0 Å². The van der Waals surface area contributed by atoms with Gasteiger partial charge in [0.05, 0.1) is 0 Å². The van der Waals surface area contributed by atoms with Crippen molar-refractivity contribution in [2.45, 2.75) is 34.1 Å². The van der Waals surface area contributed by atoms with Gasteiger partial charge in [0.25, 0.3) is 0 Å². The second-order valence-corrected chi connectivity index (χ2v) is 5.40. The largest absolute Gasteiger partial charge is 0.319 e.